The Hall–Kier alpha value is -3.56. The van der Waals surface area contributed by atoms with Gasteiger partial charge >= 0.3 is 5.97 Å². The fraction of sp³-hybridized carbons (Fsp3) is 0.320. The number of hydrogen-bond donors (Lipinski definition) is 2. The van der Waals surface area contributed by atoms with Crippen molar-refractivity contribution >= 4 is 35.0 Å². The highest BCUT2D eigenvalue weighted by molar-refractivity contribution is 6.30. The summed E-state index contributed by atoms with van der Waals surface area (Å²) < 4.78 is 6.13. The smallest absolute Gasteiger partial charge is 0.343 e. The number of hydrogen-bond acceptors (Lipinski definition) is 7. The van der Waals surface area contributed by atoms with E-state index in [2.05, 4.69) is 33.2 Å². The number of nitrogens with zero attached hydrogens (tertiary/aromatic N) is 4. The van der Waals surface area contributed by atoms with Gasteiger partial charge in [0.1, 0.15) is 11.4 Å². The summed E-state index contributed by atoms with van der Waals surface area (Å²) in [7, 11) is 1.29. The van der Waals surface area contributed by atoms with Gasteiger partial charge in [-0.1, -0.05) is 17.7 Å². The minimum absolute atomic E-state index is 0.145. The van der Waals surface area contributed by atoms with E-state index in [0.717, 1.165) is 37.7 Å². The number of carbonyl (C=O) groups is 2. The van der Waals surface area contributed by atoms with Crippen molar-refractivity contribution in [1.29, 1.82) is 0 Å². The number of ether oxygens (including phenoxy) is 1. The summed E-state index contributed by atoms with van der Waals surface area (Å²) in [6.07, 6.45) is 1.36. The molecule has 1 aliphatic rings. The van der Waals surface area contributed by atoms with Gasteiger partial charge < -0.3 is 20.7 Å². The lowest BCUT2D eigenvalue weighted by molar-refractivity contribution is 0.0601. The molecule has 4 rings (SSSR count). The Labute approximate surface area is 209 Å². The molecule has 1 amide bonds. The van der Waals surface area contributed by atoms with E-state index in [1.54, 1.807) is 24.3 Å². The Morgan fingerprint density at radius 2 is 1.83 bits per heavy atom. The molecule has 35 heavy (non-hydrogen) atoms. The molecule has 2 heterocycles. The summed E-state index contributed by atoms with van der Waals surface area (Å²) in [6, 6.07) is 12.9. The van der Waals surface area contributed by atoms with Crippen LogP contribution in [0.1, 0.15) is 26.3 Å². The quantitative estimate of drug-likeness (QED) is 0.484. The number of halogens is 1. The molecule has 0 saturated carbocycles. The minimum atomic E-state index is -0.550. The van der Waals surface area contributed by atoms with E-state index in [4.69, 9.17) is 22.1 Å². The minimum Gasteiger partial charge on any atom is -0.465 e. The maximum Gasteiger partial charge on any atom is 0.343 e. The van der Waals surface area contributed by atoms with Gasteiger partial charge in [0.15, 0.2) is 0 Å². The molecule has 0 atom stereocenters. The highest BCUT2D eigenvalue weighted by Crippen LogP contribution is 2.25. The lowest BCUT2D eigenvalue weighted by atomic mass is 10.1. The van der Waals surface area contributed by atoms with E-state index in [1.165, 1.54) is 29.2 Å². The van der Waals surface area contributed by atoms with E-state index in [1.807, 2.05) is 12.1 Å². The molecule has 1 saturated heterocycles. The van der Waals surface area contributed by atoms with Crippen LogP contribution < -0.4 is 16.0 Å². The predicted molar refractivity (Wildman–Crippen MR) is 136 cm³/mol. The summed E-state index contributed by atoms with van der Waals surface area (Å²) in [6.45, 7) is 7.14. The number of amides is 1. The molecule has 1 aliphatic heterocycles. The maximum absolute atomic E-state index is 12.6. The average molecular weight is 497 g/mol. The normalized spacial score (nSPS) is 14.1. The van der Waals surface area contributed by atoms with Gasteiger partial charge in [-0.3, -0.25) is 9.69 Å². The number of nitrogens with one attached hydrogen (secondary N) is 1. The fourth-order valence-electron chi connectivity index (χ4n) is 4.15. The van der Waals surface area contributed by atoms with Crippen molar-refractivity contribution in [3.05, 3.63) is 70.4 Å². The molecule has 9 nitrogen and oxygen atoms in total. The molecular weight excluding hydrogens is 468 g/mol. The molecule has 184 valence electrons. The third kappa shape index (κ3) is 5.58. The van der Waals surface area contributed by atoms with Crippen molar-refractivity contribution in [1.82, 2.24) is 20.0 Å². The van der Waals surface area contributed by atoms with Crippen molar-refractivity contribution in [2.45, 2.75) is 6.92 Å². The van der Waals surface area contributed by atoms with Crippen molar-refractivity contribution in [3.8, 4) is 5.69 Å². The molecule has 3 aromatic rings. The summed E-state index contributed by atoms with van der Waals surface area (Å²) in [5.41, 5.74) is 9.79. The Morgan fingerprint density at radius 1 is 1.11 bits per heavy atom. The van der Waals surface area contributed by atoms with Gasteiger partial charge in [0.25, 0.3) is 5.91 Å². The van der Waals surface area contributed by atoms with Crippen molar-refractivity contribution in [3.63, 3.8) is 0 Å². The number of piperazine rings is 1. The molecular formula is C25H29ClN6O3. The van der Waals surface area contributed by atoms with Crippen LogP contribution in [0.3, 0.4) is 0 Å². The molecule has 1 fully saturated rings. The number of aromatic nitrogens is 2. The third-order valence-electron chi connectivity index (χ3n) is 6.18. The molecule has 10 heteroatoms. The topological polar surface area (TPSA) is 106 Å². The van der Waals surface area contributed by atoms with E-state index in [-0.39, 0.29) is 17.3 Å². The molecule has 3 N–H and O–H groups in total. The lowest BCUT2D eigenvalue weighted by Crippen LogP contribution is -2.48. The second kappa shape index (κ2) is 10.8. The molecule has 2 aromatic carbocycles. The molecule has 0 radical (unpaired) electrons. The molecule has 0 aliphatic carbocycles. The molecule has 0 unspecified atom stereocenters. The van der Waals surface area contributed by atoms with Crippen LogP contribution in [0, 0.1) is 6.92 Å². The van der Waals surface area contributed by atoms with Crippen LogP contribution in [0.15, 0.2) is 48.7 Å². The van der Waals surface area contributed by atoms with Crippen LogP contribution in [-0.4, -0.2) is 72.9 Å². The number of methoxy groups -OCH3 is 1. The van der Waals surface area contributed by atoms with Crippen LogP contribution in [-0.2, 0) is 4.74 Å². The number of nitrogens with two attached hydrogens (primary N) is 1. The monoisotopic (exact) mass is 496 g/mol. The maximum atomic E-state index is 12.6. The van der Waals surface area contributed by atoms with Gasteiger partial charge in [-0.2, -0.15) is 5.10 Å². The zero-order valence-electron chi connectivity index (χ0n) is 19.8. The average Bonchev–Trinajstić information content (AvgIpc) is 3.26. The Balaban J connectivity index is 1.26. The SMILES string of the molecule is COC(=O)c1cnn(-c2ccc(C(=O)NCCN3CCN(c4cc(Cl)ccc4C)CC3)cc2)c1N. The number of rotatable bonds is 7. The van der Waals surface area contributed by atoms with Gasteiger partial charge in [-0.15, -0.1) is 0 Å². The van der Waals surface area contributed by atoms with Crippen LogP contribution in [0.4, 0.5) is 11.5 Å². The van der Waals surface area contributed by atoms with Gasteiger partial charge in [-0.25, -0.2) is 9.48 Å². The molecule has 0 bridgehead atoms. The van der Waals surface area contributed by atoms with Gasteiger partial charge in [-0.05, 0) is 48.9 Å². The largest absolute Gasteiger partial charge is 0.465 e. The zero-order chi connectivity index (χ0) is 24.9. The Bertz CT molecular complexity index is 1200. The lowest BCUT2D eigenvalue weighted by Gasteiger charge is -2.36. The van der Waals surface area contributed by atoms with Crippen molar-refractivity contribution in [2.24, 2.45) is 0 Å². The first-order valence-corrected chi connectivity index (χ1v) is 11.8. The van der Waals surface area contributed by atoms with Gasteiger partial charge in [0, 0.05) is 55.5 Å². The molecule has 0 spiro atoms. The van der Waals surface area contributed by atoms with Crippen LogP contribution >= 0.6 is 11.6 Å². The van der Waals surface area contributed by atoms with Crippen LogP contribution in [0.5, 0.6) is 0 Å². The predicted octanol–water partition coefficient (Wildman–Crippen LogP) is 2.75. The third-order valence-corrected chi connectivity index (χ3v) is 6.42. The number of nitrogen functional groups attached to an aromatic ring is 1. The highest BCUT2D eigenvalue weighted by atomic mass is 35.5. The molecule has 1 aromatic heterocycles. The van der Waals surface area contributed by atoms with Crippen molar-refractivity contribution < 1.29 is 14.3 Å². The first-order valence-electron chi connectivity index (χ1n) is 11.4. The standard InChI is InChI=1S/C25H29ClN6O3/c1-17-3-6-19(26)15-22(17)31-13-11-30(12-14-31)10-9-28-24(33)18-4-7-20(8-5-18)32-23(27)21(16-29-32)25(34)35-2/h3-8,15-16H,9-14,27H2,1-2H3,(H,28,33). The summed E-state index contributed by atoms with van der Waals surface area (Å²) in [5.74, 6) is -0.515. The van der Waals surface area contributed by atoms with Crippen LogP contribution in [0.25, 0.3) is 5.69 Å². The number of carbonyl (C=O) groups excluding carboxylic acids is 2. The van der Waals surface area contributed by atoms with Gasteiger partial charge in [0.05, 0.1) is 19.0 Å². The number of esters is 1. The van der Waals surface area contributed by atoms with E-state index in [9.17, 15) is 9.59 Å². The Kier molecular flexibility index (Phi) is 7.57. The van der Waals surface area contributed by atoms with Crippen molar-refractivity contribution in [2.75, 3.05) is 57.0 Å². The van der Waals surface area contributed by atoms with Gasteiger partial charge in [0.2, 0.25) is 0 Å². The summed E-state index contributed by atoms with van der Waals surface area (Å²) >= 11 is 6.17. The number of benzene rings is 2. The first-order chi connectivity index (χ1) is 16.9. The Morgan fingerprint density at radius 3 is 2.51 bits per heavy atom. The fourth-order valence-corrected chi connectivity index (χ4v) is 4.32. The number of aryl methyl sites for hydroxylation is 1. The second-order valence-corrected chi connectivity index (χ2v) is 8.85. The van der Waals surface area contributed by atoms with Crippen LogP contribution in [0.2, 0.25) is 5.02 Å². The second-order valence-electron chi connectivity index (χ2n) is 8.41. The zero-order valence-corrected chi connectivity index (χ0v) is 20.6. The highest BCUT2D eigenvalue weighted by Gasteiger charge is 2.19. The van der Waals surface area contributed by atoms with E-state index >= 15 is 0 Å². The summed E-state index contributed by atoms with van der Waals surface area (Å²) in [4.78, 5) is 29.0. The van der Waals surface area contributed by atoms with E-state index in [0.29, 0.717) is 17.8 Å². The van der Waals surface area contributed by atoms with E-state index < -0.39 is 5.97 Å². The summed E-state index contributed by atoms with van der Waals surface area (Å²) in [5, 5.41) is 7.87. The number of anilines is 2. The first kappa shape index (κ1) is 24.6.